The summed E-state index contributed by atoms with van der Waals surface area (Å²) < 4.78 is 8.27. The van der Waals surface area contributed by atoms with Gasteiger partial charge in [0, 0.05) is 22.8 Å². The van der Waals surface area contributed by atoms with E-state index in [9.17, 15) is 0 Å². The van der Waals surface area contributed by atoms with Crippen LogP contribution < -0.4 is 10.5 Å². The molecular weight excluding hydrogens is 449 g/mol. The lowest BCUT2D eigenvalue weighted by Crippen LogP contribution is -2.09. The van der Waals surface area contributed by atoms with Gasteiger partial charge in [0.25, 0.3) is 0 Å². The number of ether oxygens (including phenoxy) is 1. The number of halogens is 2. The van der Waals surface area contributed by atoms with Gasteiger partial charge in [0.15, 0.2) is 11.4 Å². The predicted octanol–water partition coefficient (Wildman–Crippen LogP) is 4.88. The fraction of sp³-hybridized carbons (Fsp3) is 0.316. The molecular formula is C19H23ClIN3O. The number of imidazole rings is 1. The largest absolute Gasteiger partial charge is 0.485 e. The van der Waals surface area contributed by atoms with E-state index in [1.165, 1.54) is 5.56 Å². The average molecular weight is 472 g/mol. The number of hydrogen-bond donors (Lipinski definition) is 1. The summed E-state index contributed by atoms with van der Waals surface area (Å²) in [7, 11) is 0. The SMILES string of the molecule is Cc1nc2c(OCc3ccccc3Cl)c(C)c(C)c(C)n2c1CN.I. The second kappa shape index (κ2) is 7.93. The molecule has 0 amide bonds. The van der Waals surface area contributed by atoms with Crippen LogP contribution in [0.1, 0.15) is 33.8 Å². The highest BCUT2D eigenvalue weighted by molar-refractivity contribution is 14.0. The van der Waals surface area contributed by atoms with Crippen molar-refractivity contribution >= 4 is 41.2 Å². The van der Waals surface area contributed by atoms with E-state index in [-0.39, 0.29) is 24.0 Å². The number of hydrogen-bond acceptors (Lipinski definition) is 3. The average Bonchev–Trinajstić information content (AvgIpc) is 2.90. The lowest BCUT2D eigenvalue weighted by molar-refractivity contribution is 0.305. The van der Waals surface area contributed by atoms with Crippen molar-refractivity contribution in [1.82, 2.24) is 9.38 Å². The molecule has 134 valence electrons. The zero-order valence-corrected chi connectivity index (χ0v) is 18.0. The fourth-order valence-electron chi connectivity index (χ4n) is 3.03. The van der Waals surface area contributed by atoms with Gasteiger partial charge in [-0.05, 0) is 44.9 Å². The van der Waals surface area contributed by atoms with Crippen molar-refractivity contribution in [3.05, 3.63) is 63.1 Å². The third kappa shape index (κ3) is 3.50. The molecule has 0 saturated carbocycles. The normalized spacial score (nSPS) is 10.8. The van der Waals surface area contributed by atoms with E-state index in [2.05, 4.69) is 25.2 Å². The first-order chi connectivity index (χ1) is 11.5. The summed E-state index contributed by atoms with van der Waals surface area (Å²) >= 11 is 6.24. The molecule has 6 heteroatoms. The minimum Gasteiger partial charge on any atom is -0.485 e. The van der Waals surface area contributed by atoms with Crippen LogP contribution in [0.4, 0.5) is 0 Å². The van der Waals surface area contributed by atoms with Crippen LogP contribution in [0, 0.1) is 27.7 Å². The molecule has 0 spiro atoms. The minimum absolute atomic E-state index is 0. The molecule has 0 aliphatic carbocycles. The first-order valence-corrected chi connectivity index (χ1v) is 8.37. The summed E-state index contributed by atoms with van der Waals surface area (Å²) in [6, 6.07) is 7.71. The third-order valence-corrected chi connectivity index (χ3v) is 5.05. The topological polar surface area (TPSA) is 52.5 Å². The maximum Gasteiger partial charge on any atom is 0.180 e. The van der Waals surface area contributed by atoms with Crippen molar-refractivity contribution in [2.24, 2.45) is 5.73 Å². The predicted molar refractivity (Wildman–Crippen MR) is 113 cm³/mol. The summed E-state index contributed by atoms with van der Waals surface area (Å²) in [4.78, 5) is 4.71. The van der Waals surface area contributed by atoms with Gasteiger partial charge in [0.05, 0.1) is 11.4 Å². The van der Waals surface area contributed by atoms with E-state index in [0.717, 1.165) is 39.6 Å². The minimum atomic E-state index is 0. The molecule has 2 N–H and O–H groups in total. The lowest BCUT2D eigenvalue weighted by Gasteiger charge is -2.17. The molecule has 1 aromatic carbocycles. The van der Waals surface area contributed by atoms with Gasteiger partial charge in [-0.1, -0.05) is 29.8 Å². The summed E-state index contributed by atoms with van der Waals surface area (Å²) in [6.45, 7) is 9.09. The third-order valence-electron chi connectivity index (χ3n) is 4.68. The van der Waals surface area contributed by atoms with E-state index in [4.69, 9.17) is 27.1 Å². The van der Waals surface area contributed by atoms with Crippen LogP contribution in [0.3, 0.4) is 0 Å². The monoisotopic (exact) mass is 471 g/mol. The van der Waals surface area contributed by atoms with Gasteiger partial charge in [-0.2, -0.15) is 0 Å². The molecule has 2 aromatic heterocycles. The van der Waals surface area contributed by atoms with Gasteiger partial charge in [-0.3, -0.25) is 4.40 Å². The Morgan fingerprint density at radius 3 is 2.44 bits per heavy atom. The van der Waals surface area contributed by atoms with Crippen LogP contribution in [0.5, 0.6) is 5.75 Å². The molecule has 0 fully saturated rings. The quantitative estimate of drug-likeness (QED) is 0.552. The van der Waals surface area contributed by atoms with Crippen LogP contribution in [-0.2, 0) is 13.2 Å². The first kappa shape index (κ1) is 20.0. The molecule has 0 saturated heterocycles. The second-order valence-corrected chi connectivity index (χ2v) is 6.46. The Labute approximate surface area is 170 Å². The van der Waals surface area contributed by atoms with Crippen molar-refractivity contribution in [1.29, 1.82) is 0 Å². The van der Waals surface area contributed by atoms with E-state index in [1.807, 2.05) is 31.2 Å². The van der Waals surface area contributed by atoms with E-state index in [0.29, 0.717) is 18.2 Å². The molecule has 0 aliphatic rings. The molecule has 0 atom stereocenters. The summed E-state index contributed by atoms with van der Waals surface area (Å²) in [6.07, 6.45) is 0. The van der Waals surface area contributed by atoms with Crippen LogP contribution in [0.2, 0.25) is 5.02 Å². The Morgan fingerprint density at radius 2 is 1.80 bits per heavy atom. The summed E-state index contributed by atoms with van der Waals surface area (Å²) in [5, 5.41) is 0.706. The molecule has 0 aliphatic heterocycles. The highest BCUT2D eigenvalue weighted by Crippen LogP contribution is 2.32. The Bertz CT molecular complexity index is 921. The number of fused-ring (bicyclic) bond motifs is 1. The molecule has 2 heterocycles. The smallest absolute Gasteiger partial charge is 0.180 e. The van der Waals surface area contributed by atoms with Gasteiger partial charge in [0.1, 0.15) is 6.61 Å². The molecule has 4 nitrogen and oxygen atoms in total. The number of rotatable bonds is 4. The molecule has 0 unspecified atom stereocenters. The fourth-order valence-corrected chi connectivity index (χ4v) is 3.22. The Hall–Kier alpha value is -1.31. The van der Waals surface area contributed by atoms with Gasteiger partial charge < -0.3 is 10.5 Å². The van der Waals surface area contributed by atoms with Crippen molar-refractivity contribution in [2.75, 3.05) is 0 Å². The van der Waals surface area contributed by atoms with Crippen LogP contribution in [-0.4, -0.2) is 9.38 Å². The highest BCUT2D eigenvalue weighted by Gasteiger charge is 2.19. The van der Waals surface area contributed by atoms with Crippen molar-refractivity contribution in [2.45, 2.75) is 40.8 Å². The second-order valence-electron chi connectivity index (χ2n) is 6.05. The van der Waals surface area contributed by atoms with Gasteiger partial charge in [-0.25, -0.2) is 4.98 Å². The highest BCUT2D eigenvalue weighted by atomic mass is 127. The van der Waals surface area contributed by atoms with Crippen molar-refractivity contribution in [3.8, 4) is 5.75 Å². The number of nitrogens with zero attached hydrogens (tertiary/aromatic N) is 2. The maximum absolute atomic E-state index is 6.24. The molecule has 25 heavy (non-hydrogen) atoms. The van der Waals surface area contributed by atoms with Gasteiger partial charge in [-0.15, -0.1) is 24.0 Å². The molecule has 0 bridgehead atoms. The van der Waals surface area contributed by atoms with Crippen molar-refractivity contribution in [3.63, 3.8) is 0 Å². The first-order valence-electron chi connectivity index (χ1n) is 7.99. The number of aromatic nitrogens is 2. The van der Waals surface area contributed by atoms with Gasteiger partial charge in [0.2, 0.25) is 0 Å². The maximum atomic E-state index is 6.24. The molecule has 3 aromatic rings. The van der Waals surface area contributed by atoms with E-state index >= 15 is 0 Å². The Balaban J connectivity index is 0.00000225. The summed E-state index contributed by atoms with van der Waals surface area (Å²) in [5.74, 6) is 0.792. The van der Waals surface area contributed by atoms with E-state index < -0.39 is 0 Å². The lowest BCUT2D eigenvalue weighted by atomic mass is 10.1. The van der Waals surface area contributed by atoms with E-state index in [1.54, 1.807) is 0 Å². The van der Waals surface area contributed by atoms with Crippen LogP contribution in [0.15, 0.2) is 24.3 Å². The van der Waals surface area contributed by atoms with Crippen LogP contribution >= 0.6 is 35.6 Å². The standard InChI is InChI=1S/C19H22ClN3O.HI/c1-11-12(2)18(24-10-15-7-5-6-8-16(15)20)19-22-13(3)17(9-21)23(19)14(11)4;/h5-8H,9-10,21H2,1-4H3;1H. The van der Waals surface area contributed by atoms with Crippen molar-refractivity contribution < 1.29 is 4.74 Å². The number of benzene rings is 1. The zero-order valence-electron chi connectivity index (χ0n) is 14.9. The molecule has 0 radical (unpaired) electrons. The Morgan fingerprint density at radius 1 is 1.12 bits per heavy atom. The Kier molecular flexibility index (Phi) is 6.35. The van der Waals surface area contributed by atoms with Gasteiger partial charge >= 0.3 is 0 Å². The number of aryl methyl sites for hydroxylation is 2. The summed E-state index contributed by atoms with van der Waals surface area (Å²) in [5.41, 5.74) is 13.1. The number of pyridine rings is 1. The zero-order chi connectivity index (χ0) is 17.4. The number of nitrogens with two attached hydrogens (primary N) is 1. The van der Waals surface area contributed by atoms with Crippen LogP contribution in [0.25, 0.3) is 5.65 Å². The molecule has 3 rings (SSSR count).